The molecule has 4 rings (SSSR count). The largest absolute Gasteiger partial charge is 0.358 e. The molecule has 31 heavy (non-hydrogen) atoms. The zero-order chi connectivity index (χ0) is 21.8. The van der Waals surface area contributed by atoms with E-state index in [-0.39, 0.29) is 5.56 Å². The van der Waals surface area contributed by atoms with Gasteiger partial charge in [0.15, 0.2) is 5.11 Å². The standard InChI is InChI=1S/C26H31N3OS/c1-18-13-14-21-15-22(25(30)28-24(21)19(18)2)17-29(23-11-7-4-8-12-23)26(31)27-16-20-9-5-3-6-10-20/h3,5-6,9-10,13-15,23H,4,7-8,11-12,16-17H2,1-2H3,(H,27,31)(H,28,30). The quantitative estimate of drug-likeness (QED) is 0.532. The molecule has 2 N–H and O–H groups in total. The van der Waals surface area contributed by atoms with Crippen molar-refractivity contribution in [2.75, 3.05) is 0 Å². The zero-order valence-electron chi connectivity index (χ0n) is 18.4. The Balaban J connectivity index is 1.59. The van der Waals surface area contributed by atoms with Gasteiger partial charge in [-0.05, 0) is 67.0 Å². The number of aromatic nitrogens is 1. The maximum Gasteiger partial charge on any atom is 0.253 e. The minimum atomic E-state index is -0.0205. The Bertz CT molecular complexity index is 1120. The number of nitrogens with zero attached hydrogens (tertiary/aromatic N) is 1. The number of pyridine rings is 1. The van der Waals surface area contributed by atoms with Crippen molar-refractivity contribution in [3.63, 3.8) is 0 Å². The lowest BCUT2D eigenvalue weighted by Crippen LogP contribution is -2.46. The van der Waals surface area contributed by atoms with Crippen LogP contribution >= 0.6 is 12.2 Å². The predicted molar refractivity (Wildman–Crippen MR) is 132 cm³/mol. The van der Waals surface area contributed by atoms with E-state index in [2.05, 4.69) is 53.3 Å². The second-order valence-corrected chi connectivity index (χ2v) is 9.05. The van der Waals surface area contributed by atoms with E-state index in [1.54, 1.807) is 0 Å². The van der Waals surface area contributed by atoms with Gasteiger partial charge in [0.25, 0.3) is 5.56 Å². The Morgan fingerprint density at radius 2 is 1.84 bits per heavy atom. The van der Waals surface area contributed by atoms with Gasteiger partial charge < -0.3 is 15.2 Å². The number of rotatable bonds is 5. The third kappa shape index (κ3) is 4.99. The van der Waals surface area contributed by atoms with Crippen LogP contribution in [0.4, 0.5) is 0 Å². The molecule has 0 bridgehead atoms. The van der Waals surface area contributed by atoms with Gasteiger partial charge in [-0.25, -0.2) is 0 Å². The topological polar surface area (TPSA) is 48.1 Å². The van der Waals surface area contributed by atoms with Crippen LogP contribution in [0.25, 0.3) is 10.9 Å². The molecule has 0 radical (unpaired) electrons. The van der Waals surface area contributed by atoms with Crippen molar-refractivity contribution in [3.05, 3.63) is 81.1 Å². The minimum absolute atomic E-state index is 0.0205. The van der Waals surface area contributed by atoms with Crippen molar-refractivity contribution >= 4 is 28.2 Å². The van der Waals surface area contributed by atoms with E-state index in [0.717, 1.165) is 40.0 Å². The Morgan fingerprint density at radius 1 is 1.10 bits per heavy atom. The fraction of sp³-hybridized carbons (Fsp3) is 0.385. The van der Waals surface area contributed by atoms with Crippen molar-refractivity contribution in [3.8, 4) is 0 Å². The van der Waals surface area contributed by atoms with Crippen LogP contribution in [0.1, 0.15) is 54.4 Å². The highest BCUT2D eigenvalue weighted by Gasteiger charge is 2.24. The summed E-state index contributed by atoms with van der Waals surface area (Å²) < 4.78 is 0. The Kier molecular flexibility index (Phi) is 6.71. The van der Waals surface area contributed by atoms with Crippen LogP contribution in [0.2, 0.25) is 0 Å². The van der Waals surface area contributed by atoms with Gasteiger partial charge in [0, 0.05) is 18.2 Å². The highest BCUT2D eigenvalue weighted by atomic mass is 32.1. The van der Waals surface area contributed by atoms with Gasteiger partial charge in [-0.1, -0.05) is 61.7 Å². The third-order valence-electron chi connectivity index (χ3n) is 6.53. The zero-order valence-corrected chi connectivity index (χ0v) is 19.2. The smallest absolute Gasteiger partial charge is 0.253 e. The SMILES string of the molecule is Cc1ccc2cc(CN(C(=S)NCc3ccccc3)C3CCCCC3)c(=O)[nH]c2c1C. The van der Waals surface area contributed by atoms with Crippen LogP contribution in [0.5, 0.6) is 0 Å². The summed E-state index contributed by atoms with van der Waals surface area (Å²) in [5, 5.41) is 5.24. The van der Waals surface area contributed by atoms with Gasteiger partial charge in [-0.15, -0.1) is 0 Å². The summed E-state index contributed by atoms with van der Waals surface area (Å²) in [5.41, 5.74) is 5.19. The molecule has 1 heterocycles. The second-order valence-electron chi connectivity index (χ2n) is 8.66. The molecule has 2 aromatic carbocycles. The van der Waals surface area contributed by atoms with E-state index in [0.29, 0.717) is 19.1 Å². The molecule has 0 amide bonds. The average Bonchev–Trinajstić information content (AvgIpc) is 2.80. The molecule has 1 saturated carbocycles. The lowest BCUT2D eigenvalue weighted by Gasteiger charge is -2.36. The molecular weight excluding hydrogens is 402 g/mol. The van der Waals surface area contributed by atoms with Crippen LogP contribution in [0.3, 0.4) is 0 Å². The summed E-state index contributed by atoms with van der Waals surface area (Å²) in [4.78, 5) is 18.3. The number of aryl methyl sites for hydroxylation is 2. The van der Waals surface area contributed by atoms with E-state index in [4.69, 9.17) is 12.2 Å². The fourth-order valence-corrected chi connectivity index (χ4v) is 4.79. The summed E-state index contributed by atoms with van der Waals surface area (Å²) in [7, 11) is 0. The Morgan fingerprint density at radius 3 is 2.58 bits per heavy atom. The first-order valence-electron chi connectivity index (χ1n) is 11.2. The van der Waals surface area contributed by atoms with Crippen LogP contribution < -0.4 is 10.9 Å². The summed E-state index contributed by atoms with van der Waals surface area (Å²) >= 11 is 5.83. The maximum absolute atomic E-state index is 13.0. The van der Waals surface area contributed by atoms with Gasteiger partial charge in [-0.2, -0.15) is 0 Å². The summed E-state index contributed by atoms with van der Waals surface area (Å²) in [6.07, 6.45) is 5.96. The third-order valence-corrected chi connectivity index (χ3v) is 6.91. The molecule has 5 heteroatoms. The van der Waals surface area contributed by atoms with E-state index < -0.39 is 0 Å². The van der Waals surface area contributed by atoms with Gasteiger partial charge in [0.1, 0.15) is 0 Å². The monoisotopic (exact) mass is 433 g/mol. The van der Waals surface area contributed by atoms with Gasteiger partial charge in [0.05, 0.1) is 12.1 Å². The number of hydrogen-bond donors (Lipinski definition) is 2. The number of aromatic amines is 1. The molecular formula is C26H31N3OS. The van der Waals surface area contributed by atoms with Crippen LogP contribution in [-0.4, -0.2) is 21.0 Å². The van der Waals surface area contributed by atoms with Crippen molar-refractivity contribution < 1.29 is 0 Å². The molecule has 3 aromatic rings. The summed E-state index contributed by atoms with van der Waals surface area (Å²) in [6, 6.07) is 16.9. The Labute approximate surface area is 189 Å². The first-order chi connectivity index (χ1) is 15.0. The molecule has 162 valence electrons. The molecule has 0 saturated heterocycles. The molecule has 0 spiro atoms. The summed E-state index contributed by atoms with van der Waals surface area (Å²) in [5.74, 6) is 0. The number of fused-ring (bicyclic) bond motifs is 1. The molecule has 0 unspecified atom stereocenters. The fourth-order valence-electron chi connectivity index (χ4n) is 4.51. The van der Waals surface area contributed by atoms with Gasteiger partial charge >= 0.3 is 0 Å². The van der Waals surface area contributed by atoms with Crippen molar-refractivity contribution in [1.82, 2.24) is 15.2 Å². The Hall–Kier alpha value is -2.66. The van der Waals surface area contributed by atoms with Gasteiger partial charge in [0.2, 0.25) is 0 Å². The number of nitrogens with one attached hydrogen (secondary N) is 2. The lowest BCUT2D eigenvalue weighted by atomic mass is 9.94. The number of hydrogen-bond acceptors (Lipinski definition) is 2. The van der Waals surface area contributed by atoms with Crippen molar-refractivity contribution in [2.45, 2.75) is 65.1 Å². The van der Waals surface area contributed by atoms with Crippen LogP contribution in [-0.2, 0) is 13.1 Å². The molecule has 1 aromatic heterocycles. The molecule has 1 aliphatic rings. The molecule has 0 atom stereocenters. The molecule has 4 nitrogen and oxygen atoms in total. The number of H-pyrrole nitrogens is 1. The van der Waals surface area contributed by atoms with Crippen LogP contribution in [0, 0.1) is 13.8 Å². The molecule has 0 aliphatic heterocycles. The summed E-state index contributed by atoms with van der Waals surface area (Å²) in [6.45, 7) is 5.35. The normalized spacial score (nSPS) is 14.5. The van der Waals surface area contributed by atoms with E-state index in [1.165, 1.54) is 30.4 Å². The predicted octanol–water partition coefficient (Wildman–Crippen LogP) is 5.35. The molecule has 1 aliphatic carbocycles. The van der Waals surface area contributed by atoms with Crippen molar-refractivity contribution in [2.24, 2.45) is 0 Å². The molecule has 1 fully saturated rings. The minimum Gasteiger partial charge on any atom is -0.358 e. The highest BCUT2D eigenvalue weighted by molar-refractivity contribution is 7.80. The van der Waals surface area contributed by atoms with Crippen LogP contribution in [0.15, 0.2) is 53.3 Å². The number of benzene rings is 2. The van der Waals surface area contributed by atoms with E-state index >= 15 is 0 Å². The number of thiocarbonyl (C=S) groups is 1. The lowest BCUT2D eigenvalue weighted by molar-refractivity contribution is 0.234. The van der Waals surface area contributed by atoms with E-state index in [9.17, 15) is 4.79 Å². The first kappa shape index (κ1) is 21.6. The maximum atomic E-state index is 13.0. The van der Waals surface area contributed by atoms with E-state index in [1.807, 2.05) is 24.3 Å². The van der Waals surface area contributed by atoms with Crippen molar-refractivity contribution in [1.29, 1.82) is 0 Å². The highest BCUT2D eigenvalue weighted by Crippen LogP contribution is 2.25. The average molecular weight is 434 g/mol. The van der Waals surface area contributed by atoms with Gasteiger partial charge in [-0.3, -0.25) is 4.79 Å². The first-order valence-corrected chi connectivity index (χ1v) is 11.6. The second kappa shape index (κ2) is 9.65.